The fourth-order valence-corrected chi connectivity index (χ4v) is 7.13. The van der Waals surface area contributed by atoms with Gasteiger partial charge in [0.25, 0.3) is 0 Å². The third-order valence-electron chi connectivity index (χ3n) is 6.45. The first kappa shape index (κ1) is 35.9. The van der Waals surface area contributed by atoms with Gasteiger partial charge in [-0.1, -0.05) is 65.1 Å². The van der Waals surface area contributed by atoms with E-state index in [1.807, 2.05) is 0 Å². The van der Waals surface area contributed by atoms with Gasteiger partial charge in [-0.3, -0.25) is 27.7 Å². The lowest BCUT2D eigenvalue weighted by atomic mass is 9.94. The molecule has 0 spiro atoms. The van der Waals surface area contributed by atoms with Crippen molar-refractivity contribution in [1.82, 2.24) is 19.5 Å². The van der Waals surface area contributed by atoms with Gasteiger partial charge < -0.3 is 20.7 Å². The Morgan fingerprint density at radius 1 is 1.09 bits per heavy atom. The van der Waals surface area contributed by atoms with E-state index in [-0.39, 0.29) is 46.4 Å². The molecule has 14 nitrogen and oxygen atoms in total. The quantitative estimate of drug-likeness (QED) is 0.220. The molecule has 0 aliphatic carbocycles. The Morgan fingerprint density at radius 3 is 2.14 bits per heavy atom. The Kier molecular flexibility index (Phi) is 11.5. The second-order valence-electron chi connectivity index (χ2n) is 12.4. The number of fused-ring (bicyclic) bond motifs is 1. The van der Waals surface area contributed by atoms with Crippen LogP contribution in [-0.4, -0.2) is 88.6 Å². The lowest BCUT2D eigenvalue weighted by Gasteiger charge is -2.28. The zero-order valence-corrected chi connectivity index (χ0v) is 28.2. The Labute approximate surface area is 259 Å². The van der Waals surface area contributed by atoms with Gasteiger partial charge >= 0.3 is 7.82 Å². The molecule has 0 bridgehead atoms. The van der Waals surface area contributed by atoms with Crippen LogP contribution in [-0.2, 0) is 32.5 Å². The predicted molar refractivity (Wildman–Crippen MR) is 164 cm³/mol. The zero-order chi connectivity index (χ0) is 32.4. The van der Waals surface area contributed by atoms with Gasteiger partial charge in [-0.05, 0) is 13.8 Å². The molecule has 3 rings (SSSR count). The van der Waals surface area contributed by atoms with Crippen LogP contribution in [0.15, 0.2) is 12.7 Å². The largest absolute Gasteiger partial charge is 0.475 e. The Bertz CT molecular complexity index is 1310. The third-order valence-corrected chi connectivity index (χ3v) is 10.5. The molecule has 1 saturated heterocycles. The van der Waals surface area contributed by atoms with Crippen LogP contribution in [0.25, 0.3) is 11.2 Å². The molecule has 1 unspecified atom stereocenters. The highest BCUT2D eigenvalue weighted by molar-refractivity contribution is 8.14. The number of aromatic nitrogens is 4. The highest BCUT2D eigenvalue weighted by Gasteiger charge is 2.56. The monoisotopic (exact) mass is 663 g/mol. The molecule has 4 N–H and O–H groups in total. The van der Waals surface area contributed by atoms with Gasteiger partial charge in [0, 0.05) is 22.3 Å². The van der Waals surface area contributed by atoms with E-state index in [2.05, 4.69) is 15.0 Å². The number of carbonyl (C=O) groups is 2. The summed E-state index contributed by atoms with van der Waals surface area (Å²) in [6, 6.07) is 0. The summed E-state index contributed by atoms with van der Waals surface area (Å²) in [5.41, 5.74) is 3.48. The number of aliphatic hydroxyl groups excluding tert-OH is 1. The number of phosphoric ester groups is 1. The number of carbonyl (C=O) groups excluding carboxylic acids is 2. The molecule has 1 aliphatic rings. The number of ether oxygens (including phenoxy) is 1. The van der Waals surface area contributed by atoms with Gasteiger partial charge in [0.2, 0.25) is 0 Å². The third kappa shape index (κ3) is 8.76. The van der Waals surface area contributed by atoms with Crippen LogP contribution in [0.1, 0.15) is 61.6 Å². The minimum Gasteiger partial charge on any atom is -0.387 e. The number of imidazole rings is 1. The van der Waals surface area contributed by atoms with Crippen molar-refractivity contribution >= 4 is 58.6 Å². The molecule has 2 aromatic heterocycles. The van der Waals surface area contributed by atoms with E-state index in [1.54, 1.807) is 41.5 Å². The first-order chi connectivity index (χ1) is 19.8. The van der Waals surface area contributed by atoms with Gasteiger partial charge in [0.15, 0.2) is 27.9 Å². The molecule has 0 aromatic carbocycles. The van der Waals surface area contributed by atoms with E-state index in [9.17, 15) is 24.4 Å². The molecule has 17 heteroatoms. The van der Waals surface area contributed by atoms with E-state index in [4.69, 9.17) is 24.0 Å². The van der Waals surface area contributed by atoms with Crippen LogP contribution >= 0.6 is 31.3 Å². The van der Waals surface area contributed by atoms with Gasteiger partial charge in [-0.15, -0.1) is 0 Å². The molecule has 2 aromatic rings. The SMILES string of the molecule is CC(OP(=O)(OCCSC(=O)C(C)(C)C)OCCSC(=O)C(C)(C)C)[C@H]1O[C@@H](n2cnc3c(N)ncnc32)[C@](C)(O)[C@@H]1O. The minimum absolute atomic E-state index is 0.0620. The number of nitrogen functional groups attached to an aromatic ring is 1. The van der Waals surface area contributed by atoms with Crippen LogP contribution < -0.4 is 5.73 Å². The molecule has 5 atom stereocenters. The maximum atomic E-state index is 13.8. The highest BCUT2D eigenvalue weighted by atomic mass is 32.2. The van der Waals surface area contributed by atoms with Crippen LogP contribution in [0.5, 0.6) is 0 Å². The van der Waals surface area contributed by atoms with Crippen molar-refractivity contribution in [3.8, 4) is 0 Å². The summed E-state index contributed by atoms with van der Waals surface area (Å²) >= 11 is 2.07. The summed E-state index contributed by atoms with van der Waals surface area (Å²) in [4.78, 5) is 36.8. The molecule has 43 heavy (non-hydrogen) atoms. The summed E-state index contributed by atoms with van der Waals surface area (Å²) in [7, 11) is -4.30. The number of aliphatic hydroxyl groups is 2. The average molecular weight is 664 g/mol. The number of anilines is 1. The molecular formula is C26H42N5O9PS2. The normalized spacial score (nSPS) is 24.0. The average Bonchev–Trinajstić information content (AvgIpc) is 3.42. The topological polar surface area (TPSA) is 198 Å². The smallest absolute Gasteiger partial charge is 0.387 e. The van der Waals surface area contributed by atoms with Crippen LogP contribution in [0, 0.1) is 10.8 Å². The first-order valence-corrected chi connectivity index (χ1v) is 17.1. The molecule has 3 heterocycles. The molecule has 0 amide bonds. The molecule has 1 aliphatic heterocycles. The summed E-state index contributed by atoms with van der Waals surface area (Å²) in [6.45, 7) is 13.4. The number of thioether (sulfide) groups is 2. The number of nitrogens with two attached hydrogens (primary N) is 1. The number of hydrogen-bond acceptors (Lipinski definition) is 15. The lowest BCUT2D eigenvalue weighted by molar-refractivity contribution is -0.118. The number of rotatable bonds is 12. The van der Waals surface area contributed by atoms with E-state index in [0.717, 1.165) is 23.5 Å². The van der Waals surface area contributed by atoms with E-state index in [1.165, 1.54) is 31.1 Å². The summed E-state index contributed by atoms with van der Waals surface area (Å²) in [5, 5.41) is 22.2. The van der Waals surface area contributed by atoms with Crippen LogP contribution in [0.2, 0.25) is 0 Å². The Balaban J connectivity index is 1.74. The standard InChI is InChI=1S/C26H42N5O9PS2/c1-15(17-18(32)26(8,35)21(39-17)31-14-30-16-19(27)28-13-29-20(16)31)40-41(36,37-9-11-42-22(33)24(2,3)4)38-10-12-43-23(34)25(5,6)7/h13-15,17-18,21,32,35H,9-12H2,1-8H3,(H2,27,28,29)/t15?,17-,18-,21-,26-/m1/s1. The fourth-order valence-electron chi connectivity index (χ4n) is 3.96. The second kappa shape index (κ2) is 13.8. The highest BCUT2D eigenvalue weighted by Crippen LogP contribution is 2.53. The second-order valence-corrected chi connectivity index (χ2v) is 16.2. The fraction of sp³-hybridized carbons (Fsp3) is 0.731. The molecule has 242 valence electrons. The van der Waals surface area contributed by atoms with Gasteiger partial charge in [-0.2, -0.15) is 0 Å². The van der Waals surface area contributed by atoms with Crippen molar-refractivity contribution in [2.24, 2.45) is 10.8 Å². The van der Waals surface area contributed by atoms with E-state index in [0.29, 0.717) is 5.52 Å². The zero-order valence-electron chi connectivity index (χ0n) is 25.7. The van der Waals surface area contributed by atoms with Crippen molar-refractivity contribution in [1.29, 1.82) is 0 Å². The number of nitrogens with zero attached hydrogens (tertiary/aromatic N) is 4. The Morgan fingerprint density at radius 2 is 1.63 bits per heavy atom. The number of phosphoric acid groups is 1. The maximum absolute atomic E-state index is 13.8. The van der Waals surface area contributed by atoms with Gasteiger partial charge in [-0.25, -0.2) is 19.5 Å². The number of hydrogen-bond donors (Lipinski definition) is 3. The van der Waals surface area contributed by atoms with E-state index < -0.39 is 48.8 Å². The molecule has 0 saturated carbocycles. The van der Waals surface area contributed by atoms with Crippen molar-refractivity contribution in [2.45, 2.75) is 85.5 Å². The lowest BCUT2D eigenvalue weighted by Crippen LogP contribution is -2.46. The Hall–Kier alpha value is -1.62. The molecule has 0 radical (unpaired) electrons. The van der Waals surface area contributed by atoms with Gasteiger partial charge in [0.1, 0.15) is 29.7 Å². The van der Waals surface area contributed by atoms with Crippen molar-refractivity contribution in [2.75, 3.05) is 30.5 Å². The summed E-state index contributed by atoms with van der Waals surface area (Å²) < 4.78 is 38.1. The predicted octanol–water partition coefficient (Wildman–Crippen LogP) is 3.58. The van der Waals surface area contributed by atoms with E-state index >= 15 is 0 Å². The maximum Gasteiger partial charge on any atom is 0.475 e. The summed E-state index contributed by atoms with van der Waals surface area (Å²) in [5.74, 6) is 0.516. The summed E-state index contributed by atoms with van der Waals surface area (Å²) in [6.07, 6.45) is -2.37. The van der Waals surface area contributed by atoms with Gasteiger partial charge in [0.05, 0.1) is 25.6 Å². The van der Waals surface area contributed by atoms with Crippen molar-refractivity contribution in [3.63, 3.8) is 0 Å². The molecular weight excluding hydrogens is 621 g/mol. The van der Waals surface area contributed by atoms with Crippen molar-refractivity contribution < 1.29 is 42.7 Å². The van der Waals surface area contributed by atoms with Crippen LogP contribution in [0.3, 0.4) is 0 Å². The first-order valence-electron chi connectivity index (χ1n) is 13.7. The molecule has 1 fully saturated rings. The minimum atomic E-state index is -4.30. The van der Waals surface area contributed by atoms with Crippen LogP contribution in [0.4, 0.5) is 5.82 Å². The van der Waals surface area contributed by atoms with Crippen molar-refractivity contribution in [3.05, 3.63) is 12.7 Å².